The number of hydrogen-bond acceptors (Lipinski definition) is 4. The molecule has 0 aliphatic carbocycles. The third-order valence-electron chi connectivity index (χ3n) is 2.73. The van der Waals surface area contributed by atoms with E-state index in [4.69, 9.17) is 9.47 Å². The summed E-state index contributed by atoms with van der Waals surface area (Å²) in [5.41, 5.74) is 0.262. The number of esters is 1. The third-order valence-corrected chi connectivity index (χ3v) is 2.73. The van der Waals surface area contributed by atoms with Crippen LogP contribution in [0.4, 0.5) is 0 Å². The summed E-state index contributed by atoms with van der Waals surface area (Å²) in [6, 6.07) is 7.78. The Labute approximate surface area is 115 Å². The van der Waals surface area contributed by atoms with Gasteiger partial charge < -0.3 is 14.8 Å². The average molecular weight is 265 g/mol. The molecule has 4 heteroatoms. The van der Waals surface area contributed by atoms with E-state index in [-0.39, 0.29) is 5.97 Å². The molecule has 0 spiro atoms. The minimum atomic E-state index is -0.970. The molecule has 0 aromatic heterocycles. The van der Waals surface area contributed by atoms with E-state index in [2.05, 4.69) is 5.32 Å². The fourth-order valence-electron chi connectivity index (χ4n) is 1.63. The van der Waals surface area contributed by atoms with Crippen molar-refractivity contribution < 1.29 is 14.3 Å². The summed E-state index contributed by atoms with van der Waals surface area (Å²) in [4.78, 5) is 11.7. The van der Waals surface area contributed by atoms with Crippen LogP contribution in [0.1, 0.15) is 26.3 Å². The number of likely N-dealkylation sites (N-methyl/N-ethyl adjacent to an activating group) is 1. The van der Waals surface area contributed by atoms with E-state index in [1.54, 1.807) is 20.8 Å². The van der Waals surface area contributed by atoms with Crippen LogP contribution in [0.5, 0.6) is 5.75 Å². The first-order valence-corrected chi connectivity index (χ1v) is 6.59. The summed E-state index contributed by atoms with van der Waals surface area (Å²) in [7, 11) is 1.93. The molecule has 19 heavy (non-hydrogen) atoms. The fourth-order valence-corrected chi connectivity index (χ4v) is 1.63. The van der Waals surface area contributed by atoms with E-state index < -0.39 is 5.60 Å². The smallest absolute Gasteiger partial charge is 0.349 e. The largest absolute Gasteiger partial charge is 0.476 e. The number of hydrogen-bond donors (Lipinski definition) is 1. The van der Waals surface area contributed by atoms with Gasteiger partial charge in [-0.05, 0) is 58.5 Å². The number of carbonyl (C=O) groups excluding carboxylic acids is 1. The van der Waals surface area contributed by atoms with Gasteiger partial charge in [0.1, 0.15) is 5.75 Å². The van der Waals surface area contributed by atoms with Crippen LogP contribution in [0.2, 0.25) is 0 Å². The lowest BCUT2D eigenvalue weighted by molar-refractivity contribution is -0.158. The lowest BCUT2D eigenvalue weighted by atomic mass is 10.1. The Morgan fingerprint density at radius 2 is 1.89 bits per heavy atom. The van der Waals surface area contributed by atoms with E-state index in [1.807, 2.05) is 31.3 Å². The SMILES string of the molecule is CCOC(=O)C(C)(C)Oc1ccc(CCNC)cc1. The molecule has 0 bridgehead atoms. The molecule has 0 saturated heterocycles. The average Bonchev–Trinajstić information content (AvgIpc) is 2.38. The number of nitrogens with one attached hydrogen (secondary N) is 1. The number of benzene rings is 1. The van der Waals surface area contributed by atoms with Crippen LogP contribution < -0.4 is 10.1 Å². The van der Waals surface area contributed by atoms with E-state index in [1.165, 1.54) is 5.56 Å². The minimum Gasteiger partial charge on any atom is -0.476 e. The van der Waals surface area contributed by atoms with Crippen molar-refractivity contribution in [3.63, 3.8) is 0 Å². The van der Waals surface area contributed by atoms with Crippen molar-refractivity contribution in [2.75, 3.05) is 20.2 Å². The predicted molar refractivity (Wildman–Crippen MR) is 75.4 cm³/mol. The topological polar surface area (TPSA) is 47.6 Å². The van der Waals surface area contributed by atoms with Crippen LogP contribution >= 0.6 is 0 Å². The molecule has 106 valence electrons. The Bertz CT molecular complexity index is 398. The van der Waals surface area contributed by atoms with Gasteiger partial charge in [0.15, 0.2) is 5.60 Å². The maximum absolute atomic E-state index is 11.7. The molecule has 1 aromatic carbocycles. The van der Waals surface area contributed by atoms with Gasteiger partial charge in [-0.2, -0.15) is 0 Å². The van der Waals surface area contributed by atoms with Gasteiger partial charge in [-0.3, -0.25) is 0 Å². The summed E-state index contributed by atoms with van der Waals surface area (Å²) >= 11 is 0. The number of ether oxygens (including phenoxy) is 2. The maximum atomic E-state index is 11.7. The second-order valence-corrected chi connectivity index (χ2v) is 4.83. The lowest BCUT2D eigenvalue weighted by Crippen LogP contribution is -2.39. The van der Waals surface area contributed by atoms with Gasteiger partial charge in [-0.1, -0.05) is 12.1 Å². The van der Waals surface area contributed by atoms with Gasteiger partial charge in [0.05, 0.1) is 6.61 Å². The Kier molecular flexibility index (Phi) is 5.83. The Balaban J connectivity index is 2.64. The van der Waals surface area contributed by atoms with Crippen molar-refractivity contribution >= 4 is 5.97 Å². The fraction of sp³-hybridized carbons (Fsp3) is 0.533. The zero-order valence-corrected chi connectivity index (χ0v) is 12.2. The van der Waals surface area contributed by atoms with E-state index in [0.29, 0.717) is 12.4 Å². The molecule has 0 atom stereocenters. The molecule has 0 aliphatic heterocycles. The Hall–Kier alpha value is -1.55. The molecule has 0 unspecified atom stereocenters. The predicted octanol–water partition coefficient (Wildman–Crippen LogP) is 2.17. The first kappa shape index (κ1) is 15.5. The van der Waals surface area contributed by atoms with Gasteiger partial charge in [0, 0.05) is 0 Å². The van der Waals surface area contributed by atoms with Crippen molar-refractivity contribution in [2.45, 2.75) is 32.8 Å². The van der Waals surface area contributed by atoms with Gasteiger partial charge >= 0.3 is 5.97 Å². The Morgan fingerprint density at radius 3 is 2.42 bits per heavy atom. The van der Waals surface area contributed by atoms with Crippen molar-refractivity contribution in [1.29, 1.82) is 0 Å². The van der Waals surface area contributed by atoms with Gasteiger partial charge in [-0.15, -0.1) is 0 Å². The first-order valence-electron chi connectivity index (χ1n) is 6.59. The van der Waals surface area contributed by atoms with E-state index >= 15 is 0 Å². The zero-order chi connectivity index (χ0) is 14.3. The molecule has 4 nitrogen and oxygen atoms in total. The zero-order valence-electron chi connectivity index (χ0n) is 12.2. The minimum absolute atomic E-state index is 0.353. The molecule has 1 aromatic rings. The third kappa shape index (κ3) is 4.91. The van der Waals surface area contributed by atoms with Crippen LogP contribution in [-0.4, -0.2) is 31.8 Å². The maximum Gasteiger partial charge on any atom is 0.349 e. The normalized spacial score (nSPS) is 11.2. The molecule has 0 saturated carbocycles. The summed E-state index contributed by atoms with van der Waals surface area (Å²) in [5, 5.41) is 3.11. The van der Waals surface area contributed by atoms with Gasteiger partial charge in [0.2, 0.25) is 0 Å². The quantitative estimate of drug-likeness (QED) is 0.768. The van der Waals surface area contributed by atoms with Crippen LogP contribution in [-0.2, 0) is 16.0 Å². The van der Waals surface area contributed by atoms with Crippen molar-refractivity contribution in [3.05, 3.63) is 29.8 Å². The molecule has 1 N–H and O–H groups in total. The van der Waals surface area contributed by atoms with Crippen LogP contribution in [0.25, 0.3) is 0 Å². The molecular formula is C15H23NO3. The highest BCUT2D eigenvalue weighted by Crippen LogP contribution is 2.20. The molecule has 0 amide bonds. The van der Waals surface area contributed by atoms with Crippen molar-refractivity contribution in [2.24, 2.45) is 0 Å². The molecule has 0 radical (unpaired) electrons. The van der Waals surface area contributed by atoms with Crippen LogP contribution in [0.3, 0.4) is 0 Å². The highest BCUT2D eigenvalue weighted by atomic mass is 16.6. The summed E-state index contributed by atoms with van der Waals surface area (Å²) in [6.07, 6.45) is 0.970. The molecule has 1 rings (SSSR count). The second-order valence-electron chi connectivity index (χ2n) is 4.83. The highest BCUT2D eigenvalue weighted by molar-refractivity contribution is 5.79. The standard InChI is InChI=1S/C15H23NO3/c1-5-18-14(17)15(2,3)19-13-8-6-12(7-9-13)10-11-16-4/h6-9,16H,5,10-11H2,1-4H3. The van der Waals surface area contributed by atoms with E-state index in [0.717, 1.165) is 13.0 Å². The first-order chi connectivity index (χ1) is 8.99. The summed E-state index contributed by atoms with van der Waals surface area (Å²) in [6.45, 7) is 6.49. The van der Waals surface area contributed by atoms with Crippen molar-refractivity contribution in [1.82, 2.24) is 5.32 Å². The monoisotopic (exact) mass is 265 g/mol. The van der Waals surface area contributed by atoms with Gasteiger partial charge in [-0.25, -0.2) is 4.79 Å². The van der Waals surface area contributed by atoms with Crippen LogP contribution in [0, 0.1) is 0 Å². The Morgan fingerprint density at radius 1 is 1.26 bits per heavy atom. The van der Waals surface area contributed by atoms with Crippen LogP contribution in [0.15, 0.2) is 24.3 Å². The summed E-state index contributed by atoms with van der Waals surface area (Å²) in [5.74, 6) is 0.320. The number of rotatable bonds is 7. The van der Waals surface area contributed by atoms with Crippen molar-refractivity contribution in [3.8, 4) is 5.75 Å². The highest BCUT2D eigenvalue weighted by Gasteiger charge is 2.31. The number of carbonyl (C=O) groups is 1. The molecule has 0 fully saturated rings. The second kappa shape index (κ2) is 7.14. The molecule has 0 heterocycles. The molecular weight excluding hydrogens is 242 g/mol. The van der Waals surface area contributed by atoms with E-state index in [9.17, 15) is 4.79 Å². The summed E-state index contributed by atoms with van der Waals surface area (Å²) < 4.78 is 10.7. The molecule has 0 aliphatic rings. The van der Waals surface area contributed by atoms with Gasteiger partial charge in [0.25, 0.3) is 0 Å². The lowest BCUT2D eigenvalue weighted by Gasteiger charge is -2.24.